The van der Waals surface area contributed by atoms with Gasteiger partial charge in [0.15, 0.2) is 0 Å². The van der Waals surface area contributed by atoms with E-state index in [0.717, 1.165) is 30.5 Å². The van der Waals surface area contributed by atoms with Gasteiger partial charge in [-0.2, -0.15) is 0 Å². The molecule has 1 radical (unpaired) electrons. The summed E-state index contributed by atoms with van der Waals surface area (Å²) in [6.45, 7) is 0.979. The number of hydrogen-bond donors (Lipinski definition) is 2. The van der Waals surface area contributed by atoms with E-state index < -0.39 is 5.60 Å². The molecule has 0 aromatic heterocycles. The first-order valence-electron chi connectivity index (χ1n) is 6.88. The minimum absolute atomic E-state index is 0. The van der Waals surface area contributed by atoms with Gasteiger partial charge in [-0.3, -0.25) is 0 Å². The minimum Gasteiger partial charge on any atom is -0.379 e. The van der Waals surface area contributed by atoms with Crippen molar-refractivity contribution < 1.29 is 5.11 Å². The van der Waals surface area contributed by atoms with Gasteiger partial charge in [0.1, 0.15) is 5.60 Å². The number of rotatable bonds is 3. The van der Waals surface area contributed by atoms with E-state index in [1.807, 2.05) is 60.7 Å². The molecule has 1 heterocycles. The standard InChI is InChI=1S/C17H19NO.CH3/c19-17(16-12-7-13-18-16,14-8-3-1-4-9-14)15-10-5-2-6-11-15;/h1-6,8-11,16,18-19H,7,12-13H2;1H3/t16-;/m1./s1. The van der Waals surface area contributed by atoms with Crippen LogP contribution >= 0.6 is 0 Å². The molecular weight excluding hydrogens is 246 g/mol. The maximum atomic E-state index is 11.4. The summed E-state index contributed by atoms with van der Waals surface area (Å²) < 4.78 is 0. The Morgan fingerprint density at radius 3 is 1.80 bits per heavy atom. The van der Waals surface area contributed by atoms with Gasteiger partial charge in [0.05, 0.1) is 0 Å². The van der Waals surface area contributed by atoms with E-state index in [4.69, 9.17) is 0 Å². The monoisotopic (exact) mass is 268 g/mol. The summed E-state index contributed by atoms with van der Waals surface area (Å²) in [6, 6.07) is 20.0. The fraction of sp³-hybridized carbons (Fsp3) is 0.278. The molecule has 0 unspecified atom stereocenters. The largest absolute Gasteiger partial charge is 0.379 e. The van der Waals surface area contributed by atoms with Gasteiger partial charge in [0.2, 0.25) is 0 Å². The third-order valence-electron chi connectivity index (χ3n) is 3.99. The molecule has 0 bridgehead atoms. The summed E-state index contributed by atoms with van der Waals surface area (Å²) in [5, 5.41) is 14.8. The highest BCUT2D eigenvalue weighted by Gasteiger charge is 2.41. The first-order valence-corrected chi connectivity index (χ1v) is 6.88. The lowest BCUT2D eigenvalue weighted by atomic mass is 9.79. The highest BCUT2D eigenvalue weighted by atomic mass is 16.3. The van der Waals surface area contributed by atoms with Crippen molar-refractivity contribution in [1.29, 1.82) is 0 Å². The molecule has 0 spiro atoms. The van der Waals surface area contributed by atoms with Gasteiger partial charge in [0.25, 0.3) is 0 Å². The van der Waals surface area contributed by atoms with Crippen LogP contribution < -0.4 is 5.32 Å². The van der Waals surface area contributed by atoms with Crippen LogP contribution in [-0.2, 0) is 5.60 Å². The smallest absolute Gasteiger partial charge is 0.130 e. The van der Waals surface area contributed by atoms with Crippen LogP contribution in [0.1, 0.15) is 24.0 Å². The van der Waals surface area contributed by atoms with Gasteiger partial charge in [-0.15, -0.1) is 0 Å². The van der Waals surface area contributed by atoms with Crippen LogP contribution in [0.3, 0.4) is 0 Å². The van der Waals surface area contributed by atoms with Crippen molar-refractivity contribution >= 4 is 0 Å². The van der Waals surface area contributed by atoms with E-state index in [1.165, 1.54) is 0 Å². The quantitative estimate of drug-likeness (QED) is 0.896. The summed E-state index contributed by atoms with van der Waals surface area (Å²) in [5.74, 6) is 0. The zero-order valence-electron chi connectivity index (χ0n) is 11.9. The average Bonchev–Trinajstić information content (AvgIpc) is 3.03. The lowest BCUT2D eigenvalue weighted by Crippen LogP contribution is -2.46. The molecular formula is C18H22NO. The topological polar surface area (TPSA) is 32.3 Å². The molecule has 1 aliphatic heterocycles. The lowest BCUT2D eigenvalue weighted by Gasteiger charge is -2.35. The highest BCUT2D eigenvalue weighted by Crippen LogP contribution is 2.36. The van der Waals surface area contributed by atoms with E-state index in [2.05, 4.69) is 5.32 Å². The van der Waals surface area contributed by atoms with Crippen molar-refractivity contribution in [2.24, 2.45) is 0 Å². The predicted octanol–water partition coefficient (Wildman–Crippen LogP) is 3.12. The van der Waals surface area contributed by atoms with Crippen LogP contribution in [0, 0.1) is 7.43 Å². The maximum absolute atomic E-state index is 11.4. The zero-order valence-corrected chi connectivity index (χ0v) is 11.9. The molecule has 1 saturated heterocycles. The predicted molar refractivity (Wildman–Crippen MR) is 83.3 cm³/mol. The van der Waals surface area contributed by atoms with E-state index in [-0.39, 0.29) is 13.5 Å². The van der Waals surface area contributed by atoms with Crippen LogP contribution in [0.2, 0.25) is 0 Å². The minimum atomic E-state index is -0.945. The SMILES string of the molecule is OC(c1ccccc1)(c1ccccc1)[C@H]1CCCN1.[CH3]. The Balaban J connectivity index is 0.00000147. The maximum Gasteiger partial charge on any atom is 0.130 e. The molecule has 2 heteroatoms. The average molecular weight is 268 g/mol. The van der Waals surface area contributed by atoms with Crippen molar-refractivity contribution in [2.75, 3.05) is 6.54 Å². The van der Waals surface area contributed by atoms with Crippen molar-refractivity contribution in [3.8, 4) is 0 Å². The molecule has 2 nitrogen and oxygen atoms in total. The summed E-state index contributed by atoms with van der Waals surface area (Å²) in [5.41, 5.74) is 0.972. The molecule has 3 rings (SSSR count). The van der Waals surface area contributed by atoms with Gasteiger partial charge in [-0.1, -0.05) is 68.1 Å². The van der Waals surface area contributed by atoms with E-state index in [0.29, 0.717) is 0 Å². The Labute approximate surface area is 121 Å². The van der Waals surface area contributed by atoms with Crippen LogP contribution in [0.4, 0.5) is 0 Å². The van der Waals surface area contributed by atoms with Crippen molar-refractivity contribution in [2.45, 2.75) is 24.5 Å². The summed E-state index contributed by atoms with van der Waals surface area (Å²) in [4.78, 5) is 0. The van der Waals surface area contributed by atoms with Crippen LogP contribution in [0.15, 0.2) is 60.7 Å². The Morgan fingerprint density at radius 1 is 0.900 bits per heavy atom. The first-order chi connectivity index (χ1) is 9.32. The lowest BCUT2D eigenvalue weighted by molar-refractivity contribution is 0.0442. The molecule has 1 aliphatic rings. The third kappa shape index (κ3) is 2.49. The molecule has 1 atom stereocenters. The fourth-order valence-electron chi connectivity index (χ4n) is 2.99. The van der Waals surface area contributed by atoms with Gasteiger partial charge >= 0.3 is 0 Å². The molecule has 0 saturated carbocycles. The Bertz CT molecular complexity index is 478. The number of aliphatic hydroxyl groups is 1. The molecule has 2 N–H and O–H groups in total. The molecule has 2 aromatic carbocycles. The number of nitrogens with one attached hydrogen (secondary N) is 1. The number of hydrogen-bond acceptors (Lipinski definition) is 2. The van der Waals surface area contributed by atoms with E-state index >= 15 is 0 Å². The Hall–Kier alpha value is -1.64. The molecule has 0 aliphatic carbocycles. The van der Waals surface area contributed by atoms with E-state index in [1.54, 1.807) is 0 Å². The van der Waals surface area contributed by atoms with Gasteiger partial charge in [0, 0.05) is 6.04 Å². The van der Waals surface area contributed by atoms with Crippen LogP contribution in [0.25, 0.3) is 0 Å². The van der Waals surface area contributed by atoms with Crippen LogP contribution in [0.5, 0.6) is 0 Å². The zero-order chi connectivity index (χ0) is 13.1. The molecule has 20 heavy (non-hydrogen) atoms. The number of benzene rings is 2. The Morgan fingerprint density at radius 2 is 1.40 bits per heavy atom. The molecule has 105 valence electrons. The molecule has 1 fully saturated rings. The second kappa shape index (κ2) is 6.21. The second-order valence-electron chi connectivity index (χ2n) is 5.15. The Kier molecular flexibility index (Phi) is 4.58. The normalized spacial score (nSPS) is 18.6. The first kappa shape index (κ1) is 14.8. The van der Waals surface area contributed by atoms with E-state index in [9.17, 15) is 5.11 Å². The molecule has 0 amide bonds. The second-order valence-corrected chi connectivity index (χ2v) is 5.15. The molecule has 2 aromatic rings. The van der Waals surface area contributed by atoms with Crippen molar-refractivity contribution in [3.63, 3.8) is 0 Å². The fourth-order valence-corrected chi connectivity index (χ4v) is 2.99. The van der Waals surface area contributed by atoms with Crippen LogP contribution in [-0.4, -0.2) is 17.7 Å². The van der Waals surface area contributed by atoms with Crippen molar-refractivity contribution in [1.82, 2.24) is 5.32 Å². The summed E-state index contributed by atoms with van der Waals surface area (Å²) in [7, 11) is 0. The van der Waals surface area contributed by atoms with Gasteiger partial charge < -0.3 is 10.4 Å². The third-order valence-corrected chi connectivity index (χ3v) is 3.99. The summed E-state index contributed by atoms with van der Waals surface area (Å²) in [6.07, 6.45) is 2.12. The summed E-state index contributed by atoms with van der Waals surface area (Å²) >= 11 is 0. The highest BCUT2D eigenvalue weighted by molar-refractivity contribution is 5.38. The van der Waals surface area contributed by atoms with Gasteiger partial charge in [-0.25, -0.2) is 0 Å². The van der Waals surface area contributed by atoms with Gasteiger partial charge in [-0.05, 0) is 30.5 Å². The van der Waals surface area contributed by atoms with Crippen molar-refractivity contribution in [3.05, 3.63) is 79.2 Å².